The van der Waals surface area contributed by atoms with Crippen molar-refractivity contribution < 1.29 is 9.21 Å². The topological polar surface area (TPSA) is 73.0 Å². The van der Waals surface area contributed by atoms with Crippen LogP contribution in [-0.2, 0) is 0 Å². The molecule has 1 atom stereocenters. The lowest BCUT2D eigenvalue weighted by Gasteiger charge is -2.14. The van der Waals surface area contributed by atoms with Gasteiger partial charge < -0.3 is 9.73 Å². The molecule has 22 heavy (non-hydrogen) atoms. The van der Waals surface area contributed by atoms with Crippen LogP contribution < -0.4 is 5.32 Å². The van der Waals surface area contributed by atoms with Gasteiger partial charge in [-0.2, -0.15) is 5.10 Å². The molecule has 1 N–H and O–H groups in total. The second-order valence-electron chi connectivity index (χ2n) is 5.06. The quantitative estimate of drug-likeness (QED) is 0.803. The van der Waals surface area contributed by atoms with Crippen LogP contribution in [-0.4, -0.2) is 20.7 Å². The molecule has 0 unspecified atom stereocenters. The van der Waals surface area contributed by atoms with Crippen molar-refractivity contribution in [3.05, 3.63) is 66.1 Å². The Labute approximate surface area is 127 Å². The molecule has 0 saturated carbocycles. The number of nitrogens with one attached hydrogen (secondary N) is 1. The molecule has 6 nitrogen and oxygen atoms in total. The fourth-order valence-corrected chi connectivity index (χ4v) is 2.21. The SMILES string of the molecule is Cc1ccoc1C(=O)N[C@H](C)c1ccc(-n2cncn2)cc1. The number of hydrogen-bond donors (Lipinski definition) is 1. The average Bonchev–Trinajstić information content (AvgIpc) is 3.18. The summed E-state index contributed by atoms with van der Waals surface area (Å²) in [6.45, 7) is 3.77. The number of rotatable bonds is 4. The average molecular weight is 296 g/mol. The monoisotopic (exact) mass is 296 g/mol. The summed E-state index contributed by atoms with van der Waals surface area (Å²) in [6.07, 6.45) is 4.64. The predicted molar refractivity (Wildman–Crippen MR) is 80.7 cm³/mol. The standard InChI is InChI=1S/C16H16N4O2/c1-11-7-8-22-15(11)16(21)19-12(2)13-3-5-14(6-4-13)20-10-17-9-18-20/h3-10,12H,1-2H3,(H,19,21)/t12-/m1/s1. The van der Waals surface area contributed by atoms with Crippen LogP contribution in [0.15, 0.2) is 53.7 Å². The van der Waals surface area contributed by atoms with Crippen molar-refractivity contribution in [3.8, 4) is 5.69 Å². The van der Waals surface area contributed by atoms with Gasteiger partial charge in [0.2, 0.25) is 0 Å². The molecule has 3 rings (SSSR count). The highest BCUT2D eigenvalue weighted by atomic mass is 16.3. The van der Waals surface area contributed by atoms with Gasteiger partial charge in [0.15, 0.2) is 5.76 Å². The van der Waals surface area contributed by atoms with Gasteiger partial charge in [0.05, 0.1) is 18.0 Å². The summed E-state index contributed by atoms with van der Waals surface area (Å²) >= 11 is 0. The van der Waals surface area contributed by atoms with Gasteiger partial charge in [0.1, 0.15) is 12.7 Å². The van der Waals surface area contributed by atoms with E-state index in [4.69, 9.17) is 4.42 Å². The number of hydrogen-bond acceptors (Lipinski definition) is 4. The lowest BCUT2D eigenvalue weighted by Crippen LogP contribution is -2.26. The van der Waals surface area contributed by atoms with Crippen LogP contribution in [0.4, 0.5) is 0 Å². The largest absolute Gasteiger partial charge is 0.459 e. The highest BCUT2D eigenvalue weighted by molar-refractivity contribution is 5.93. The Morgan fingerprint density at radius 1 is 1.27 bits per heavy atom. The molecule has 0 aliphatic carbocycles. The van der Waals surface area contributed by atoms with Gasteiger partial charge in [-0.3, -0.25) is 4.79 Å². The smallest absolute Gasteiger partial charge is 0.287 e. The summed E-state index contributed by atoms with van der Waals surface area (Å²) in [7, 11) is 0. The van der Waals surface area contributed by atoms with Crippen molar-refractivity contribution in [2.45, 2.75) is 19.9 Å². The van der Waals surface area contributed by atoms with Gasteiger partial charge in [-0.05, 0) is 37.6 Å². The summed E-state index contributed by atoms with van der Waals surface area (Å²) in [5.41, 5.74) is 2.74. The van der Waals surface area contributed by atoms with E-state index < -0.39 is 0 Å². The number of amides is 1. The van der Waals surface area contributed by atoms with Crippen LogP contribution in [0.2, 0.25) is 0 Å². The summed E-state index contributed by atoms with van der Waals surface area (Å²) in [5, 5.41) is 7.00. The van der Waals surface area contributed by atoms with Gasteiger partial charge in [-0.1, -0.05) is 12.1 Å². The first-order valence-corrected chi connectivity index (χ1v) is 6.95. The molecule has 0 aliphatic rings. The third-order valence-corrected chi connectivity index (χ3v) is 3.49. The number of nitrogens with zero attached hydrogens (tertiary/aromatic N) is 3. The van der Waals surface area contributed by atoms with Crippen molar-refractivity contribution in [1.82, 2.24) is 20.1 Å². The van der Waals surface area contributed by atoms with Gasteiger partial charge in [-0.25, -0.2) is 9.67 Å². The normalized spacial score (nSPS) is 12.1. The predicted octanol–water partition coefficient (Wildman–Crippen LogP) is 2.66. The molecule has 0 aliphatic heterocycles. The Balaban J connectivity index is 1.71. The molecular formula is C16H16N4O2. The second-order valence-corrected chi connectivity index (χ2v) is 5.06. The molecule has 1 amide bonds. The van der Waals surface area contributed by atoms with Gasteiger partial charge in [-0.15, -0.1) is 0 Å². The molecule has 0 spiro atoms. The number of aromatic nitrogens is 3. The molecule has 1 aromatic carbocycles. The van der Waals surface area contributed by atoms with E-state index in [2.05, 4.69) is 15.4 Å². The maximum atomic E-state index is 12.1. The lowest BCUT2D eigenvalue weighted by atomic mass is 10.1. The Hall–Kier alpha value is -2.89. The zero-order chi connectivity index (χ0) is 15.5. The molecular weight excluding hydrogens is 280 g/mol. The van der Waals surface area contributed by atoms with Crippen molar-refractivity contribution >= 4 is 5.91 Å². The lowest BCUT2D eigenvalue weighted by molar-refractivity contribution is 0.0911. The molecule has 2 heterocycles. The van der Waals surface area contributed by atoms with E-state index in [1.165, 1.54) is 12.6 Å². The van der Waals surface area contributed by atoms with Crippen LogP contribution >= 0.6 is 0 Å². The molecule has 3 aromatic rings. The maximum Gasteiger partial charge on any atom is 0.287 e. The van der Waals surface area contributed by atoms with Gasteiger partial charge in [0.25, 0.3) is 5.91 Å². The zero-order valence-electron chi connectivity index (χ0n) is 12.4. The van der Waals surface area contributed by atoms with Gasteiger partial charge >= 0.3 is 0 Å². The Morgan fingerprint density at radius 3 is 2.64 bits per heavy atom. The number of carbonyl (C=O) groups excluding carboxylic acids is 1. The van der Waals surface area contributed by atoms with E-state index in [0.29, 0.717) is 5.76 Å². The van der Waals surface area contributed by atoms with Crippen molar-refractivity contribution in [3.63, 3.8) is 0 Å². The number of benzene rings is 1. The van der Waals surface area contributed by atoms with E-state index >= 15 is 0 Å². The Kier molecular flexibility index (Phi) is 3.74. The van der Waals surface area contributed by atoms with Crippen molar-refractivity contribution in [2.75, 3.05) is 0 Å². The van der Waals surface area contributed by atoms with Crippen LogP contribution in [0.1, 0.15) is 34.6 Å². The van der Waals surface area contributed by atoms with Crippen LogP contribution in [0, 0.1) is 6.92 Å². The van der Waals surface area contributed by atoms with E-state index in [0.717, 1.165) is 16.8 Å². The molecule has 2 aromatic heterocycles. The zero-order valence-corrected chi connectivity index (χ0v) is 12.4. The van der Waals surface area contributed by atoms with Gasteiger partial charge in [0, 0.05) is 5.56 Å². The molecule has 0 radical (unpaired) electrons. The Morgan fingerprint density at radius 2 is 2.05 bits per heavy atom. The van der Waals surface area contributed by atoms with Crippen molar-refractivity contribution in [2.24, 2.45) is 0 Å². The first kappa shape index (κ1) is 14.1. The fraction of sp³-hybridized carbons (Fsp3) is 0.188. The van der Waals surface area contributed by atoms with Crippen molar-refractivity contribution in [1.29, 1.82) is 0 Å². The molecule has 0 bridgehead atoms. The highest BCUT2D eigenvalue weighted by Gasteiger charge is 2.16. The first-order valence-electron chi connectivity index (χ1n) is 6.95. The number of carbonyl (C=O) groups is 1. The third-order valence-electron chi connectivity index (χ3n) is 3.49. The number of furan rings is 1. The fourth-order valence-electron chi connectivity index (χ4n) is 2.21. The Bertz CT molecular complexity index is 760. The van der Waals surface area contributed by atoms with Crippen LogP contribution in [0.5, 0.6) is 0 Å². The third kappa shape index (κ3) is 2.76. The van der Waals surface area contributed by atoms with E-state index in [-0.39, 0.29) is 11.9 Å². The molecule has 112 valence electrons. The first-order chi connectivity index (χ1) is 10.6. The second kappa shape index (κ2) is 5.85. The minimum atomic E-state index is -0.213. The van der Waals surface area contributed by atoms with E-state index in [9.17, 15) is 4.79 Å². The molecule has 0 fully saturated rings. The van der Waals surface area contributed by atoms with Crippen LogP contribution in [0.25, 0.3) is 5.69 Å². The summed E-state index contributed by atoms with van der Waals surface area (Å²) < 4.78 is 6.88. The number of aryl methyl sites for hydroxylation is 1. The summed E-state index contributed by atoms with van der Waals surface area (Å²) in [4.78, 5) is 16.1. The minimum absolute atomic E-state index is 0.123. The highest BCUT2D eigenvalue weighted by Crippen LogP contribution is 2.17. The summed E-state index contributed by atoms with van der Waals surface area (Å²) in [6, 6.07) is 9.43. The molecule has 0 saturated heterocycles. The van der Waals surface area contributed by atoms with E-state index in [1.807, 2.05) is 38.1 Å². The molecule has 6 heteroatoms. The minimum Gasteiger partial charge on any atom is -0.459 e. The summed E-state index contributed by atoms with van der Waals surface area (Å²) in [5.74, 6) is 0.140. The van der Waals surface area contributed by atoms with Crippen LogP contribution in [0.3, 0.4) is 0 Å². The van der Waals surface area contributed by atoms with E-state index in [1.54, 1.807) is 17.1 Å². The maximum absolute atomic E-state index is 12.1.